The van der Waals surface area contributed by atoms with Gasteiger partial charge in [-0.15, -0.1) is 0 Å². The van der Waals surface area contributed by atoms with Crippen LogP contribution >= 0.6 is 0 Å². The summed E-state index contributed by atoms with van der Waals surface area (Å²) in [6.45, 7) is 5.82. The zero-order valence-corrected chi connectivity index (χ0v) is 16.4. The predicted molar refractivity (Wildman–Crippen MR) is 107 cm³/mol. The highest BCUT2D eigenvalue weighted by molar-refractivity contribution is 6.09. The number of hydrogen-bond acceptors (Lipinski definition) is 3. The number of aryl methyl sites for hydroxylation is 1. The number of nitrogens with zero attached hydrogens (tertiary/aromatic N) is 1. The van der Waals surface area contributed by atoms with Crippen molar-refractivity contribution < 1.29 is 14.4 Å². The molecule has 2 aromatic carbocycles. The van der Waals surface area contributed by atoms with Crippen molar-refractivity contribution in [2.24, 2.45) is 0 Å². The van der Waals surface area contributed by atoms with Crippen molar-refractivity contribution in [1.82, 2.24) is 15.8 Å². The quantitative estimate of drug-likeness (QED) is 0.755. The topological polar surface area (TPSA) is 78.5 Å². The van der Waals surface area contributed by atoms with Gasteiger partial charge < -0.3 is 5.32 Å². The third-order valence-corrected chi connectivity index (χ3v) is 5.07. The van der Waals surface area contributed by atoms with E-state index in [1.54, 1.807) is 19.1 Å². The summed E-state index contributed by atoms with van der Waals surface area (Å²) in [6.07, 6.45) is 1.08. The Morgan fingerprint density at radius 1 is 1.07 bits per heavy atom. The second-order valence-electron chi connectivity index (χ2n) is 7.61. The minimum Gasteiger partial charge on any atom is -0.322 e. The van der Waals surface area contributed by atoms with Crippen molar-refractivity contribution in [2.75, 3.05) is 0 Å². The highest BCUT2D eigenvalue weighted by atomic mass is 16.2. The van der Waals surface area contributed by atoms with Gasteiger partial charge >= 0.3 is 6.03 Å². The van der Waals surface area contributed by atoms with E-state index in [1.807, 2.05) is 42.5 Å². The number of amides is 4. The highest BCUT2D eigenvalue weighted by Gasteiger charge is 2.48. The van der Waals surface area contributed by atoms with Gasteiger partial charge in [0.1, 0.15) is 5.54 Å². The maximum Gasteiger partial charge on any atom is 0.344 e. The molecule has 1 aliphatic rings. The molecule has 1 aliphatic heterocycles. The molecule has 1 unspecified atom stereocenters. The fraction of sp³-hybridized carbons (Fsp3) is 0.318. The number of carbonyl (C=O) groups excluding carboxylic acids is 3. The Balaban J connectivity index is 1.66. The molecule has 146 valence electrons. The standard InChI is InChI=1S/C22H25N3O3/c1-15(2)17-9-11-18(12-10-17)19(26)24-25-20(27)22(3,23-21(25)28)14-13-16-7-5-4-6-8-16/h4-12,15H,13-14H2,1-3H3,(H,23,28)(H,24,26). The number of nitrogens with one attached hydrogen (secondary N) is 2. The van der Waals surface area contributed by atoms with Crippen LogP contribution in [0, 0.1) is 0 Å². The second-order valence-corrected chi connectivity index (χ2v) is 7.61. The molecule has 4 amide bonds. The lowest BCUT2D eigenvalue weighted by atomic mass is 9.93. The summed E-state index contributed by atoms with van der Waals surface area (Å²) in [5.74, 6) is -0.597. The SMILES string of the molecule is CC(C)c1ccc(C(=O)NN2C(=O)NC(C)(CCc3ccccc3)C2=O)cc1. The first-order valence-corrected chi connectivity index (χ1v) is 9.42. The van der Waals surface area contributed by atoms with Gasteiger partial charge in [0.25, 0.3) is 11.8 Å². The molecule has 3 rings (SSSR count). The third-order valence-electron chi connectivity index (χ3n) is 5.07. The lowest BCUT2D eigenvalue weighted by molar-refractivity contribution is -0.132. The molecule has 0 saturated carbocycles. The van der Waals surface area contributed by atoms with E-state index in [0.29, 0.717) is 24.3 Å². The van der Waals surface area contributed by atoms with Crippen molar-refractivity contribution in [3.8, 4) is 0 Å². The van der Waals surface area contributed by atoms with Crippen molar-refractivity contribution in [3.63, 3.8) is 0 Å². The maximum atomic E-state index is 12.8. The van der Waals surface area contributed by atoms with E-state index in [2.05, 4.69) is 24.6 Å². The molecule has 0 aliphatic carbocycles. The zero-order chi connectivity index (χ0) is 20.3. The summed E-state index contributed by atoms with van der Waals surface area (Å²) in [6, 6.07) is 16.3. The van der Waals surface area contributed by atoms with Crippen molar-refractivity contribution in [3.05, 3.63) is 71.3 Å². The molecular weight excluding hydrogens is 354 g/mol. The fourth-order valence-electron chi connectivity index (χ4n) is 3.18. The van der Waals surface area contributed by atoms with Crippen LogP contribution in [0.3, 0.4) is 0 Å². The van der Waals surface area contributed by atoms with Crippen molar-refractivity contribution in [2.45, 2.75) is 45.1 Å². The first-order chi connectivity index (χ1) is 13.3. The van der Waals surface area contributed by atoms with Crippen LogP contribution in [0.4, 0.5) is 4.79 Å². The summed E-state index contributed by atoms with van der Waals surface area (Å²) < 4.78 is 0. The molecule has 6 nitrogen and oxygen atoms in total. The van der Waals surface area contributed by atoms with Crippen LogP contribution in [0.5, 0.6) is 0 Å². The Morgan fingerprint density at radius 2 is 1.71 bits per heavy atom. The lowest BCUT2D eigenvalue weighted by Gasteiger charge is -2.21. The van der Waals surface area contributed by atoms with Crippen LogP contribution in [0.15, 0.2) is 54.6 Å². The van der Waals surface area contributed by atoms with Gasteiger partial charge in [0.2, 0.25) is 0 Å². The zero-order valence-electron chi connectivity index (χ0n) is 16.4. The number of benzene rings is 2. The van der Waals surface area contributed by atoms with Gasteiger partial charge in [-0.1, -0.05) is 56.3 Å². The summed E-state index contributed by atoms with van der Waals surface area (Å²) in [5, 5.41) is 3.49. The average Bonchev–Trinajstić information content (AvgIpc) is 2.90. The maximum absolute atomic E-state index is 12.8. The Labute approximate surface area is 164 Å². The van der Waals surface area contributed by atoms with Crippen LogP contribution < -0.4 is 10.7 Å². The monoisotopic (exact) mass is 379 g/mol. The van der Waals surface area contributed by atoms with Crippen LogP contribution in [-0.2, 0) is 11.2 Å². The smallest absolute Gasteiger partial charge is 0.322 e. The number of rotatable bonds is 6. The summed E-state index contributed by atoms with van der Waals surface area (Å²) in [4.78, 5) is 37.6. The normalized spacial score (nSPS) is 19.1. The first kappa shape index (κ1) is 19.6. The molecule has 0 radical (unpaired) electrons. The molecule has 28 heavy (non-hydrogen) atoms. The van der Waals surface area contributed by atoms with E-state index in [4.69, 9.17) is 0 Å². The Bertz CT molecular complexity index is 878. The van der Waals surface area contributed by atoms with Crippen LogP contribution in [0.25, 0.3) is 0 Å². The van der Waals surface area contributed by atoms with Gasteiger partial charge in [0, 0.05) is 5.56 Å². The van der Waals surface area contributed by atoms with E-state index >= 15 is 0 Å². The minimum atomic E-state index is -1.05. The largest absolute Gasteiger partial charge is 0.344 e. The number of imide groups is 1. The van der Waals surface area contributed by atoms with Crippen LogP contribution in [0.1, 0.15) is 54.6 Å². The molecule has 1 saturated heterocycles. The van der Waals surface area contributed by atoms with Gasteiger partial charge in [-0.2, -0.15) is 5.01 Å². The second kappa shape index (κ2) is 7.84. The number of carbonyl (C=O) groups is 3. The van der Waals surface area contributed by atoms with Gasteiger partial charge in [0.05, 0.1) is 0 Å². The lowest BCUT2D eigenvalue weighted by Crippen LogP contribution is -2.48. The van der Waals surface area contributed by atoms with Gasteiger partial charge in [-0.05, 0) is 48.9 Å². The molecule has 6 heteroatoms. The van der Waals surface area contributed by atoms with E-state index in [-0.39, 0.29) is 0 Å². The predicted octanol–water partition coefficient (Wildman–Crippen LogP) is 3.40. The average molecular weight is 379 g/mol. The molecule has 0 spiro atoms. The van der Waals surface area contributed by atoms with Gasteiger partial charge in [0.15, 0.2) is 0 Å². The summed E-state index contributed by atoms with van der Waals surface area (Å²) in [7, 11) is 0. The summed E-state index contributed by atoms with van der Waals surface area (Å²) in [5.41, 5.74) is 3.96. The number of hydrazine groups is 1. The Morgan fingerprint density at radius 3 is 2.32 bits per heavy atom. The molecule has 1 atom stereocenters. The number of urea groups is 1. The fourth-order valence-corrected chi connectivity index (χ4v) is 3.18. The van der Waals surface area contributed by atoms with E-state index < -0.39 is 23.4 Å². The van der Waals surface area contributed by atoms with Crippen LogP contribution in [-0.4, -0.2) is 28.4 Å². The highest BCUT2D eigenvalue weighted by Crippen LogP contribution is 2.22. The third kappa shape index (κ3) is 4.06. The molecule has 1 fully saturated rings. The first-order valence-electron chi connectivity index (χ1n) is 9.42. The Kier molecular flexibility index (Phi) is 5.49. The Hall–Kier alpha value is -3.15. The van der Waals surface area contributed by atoms with Gasteiger partial charge in [-0.3, -0.25) is 15.0 Å². The van der Waals surface area contributed by atoms with Crippen LogP contribution in [0.2, 0.25) is 0 Å². The number of hydrogen-bond donors (Lipinski definition) is 2. The van der Waals surface area contributed by atoms with E-state index in [1.165, 1.54) is 0 Å². The van der Waals surface area contributed by atoms with Crippen molar-refractivity contribution in [1.29, 1.82) is 0 Å². The molecule has 0 aromatic heterocycles. The molecule has 2 aromatic rings. The molecule has 1 heterocycles. The van der Waals surface area contributed by atoms with E-state index in [9.17, 15) is 14.4 Å². The van der Waals surface area contributed by atoms with Gasteiger partial charge in [-0.25, -0.2) is 4.79 Å². The molecular formula is C22H25N3O3. The molecule has 0 bridgehead atoms. The minimum absolute atomic E-state index is 0.355. The molecule has 2 N–H and O–H groups in total. The van der Waals surface area contributed by atoms with Crippen molar-refractivity contribution >= 4 is 17.8 Å². The summed E-state index contributed by atoms with van der Waals surface area (Å²) >= 11 is 0. The van der Waals surface area contributed by atoms with E-state index in [0.717, 1.165) is 16.1 Å².